The highest BCUT2D eigenvalue weighted by atomic mass is 15.1. The van der Waals surface area contributed by atoms with Crippen molar-refractivity contribution in [2.24, 2.45) is 0 Å². The predicted octanol–water partition coefficient (Wildman–Crippen LogP) is 4.35. The molecule has 2 heteroatoms. The Bertz CT molecular complexity index is 574. The maximum absolute atomic E-state index is 2.64. The predicted molar refractivity (Wildman–Crippen MR) is 86.1 cm³/mol. The largest absolute Gasteiger partial charge is 0.344 e. The Morgan fingerprint density at radius 3 is 2.50 bits per heavy atom. The highest BCUT2D eigenvalue weighted by molar-refractivity contribution is 5.84. The van der Waals surface area contributed by atoms with Gasteiger partial charge in [-0.15, -0.1) is 0 Å². The van der Waals surface area contributed by atoms with Crippen LogP contribution < -0.4 is 0 Å². The van der Waals surface area contributed by atoms with Gasteiger partial charge < -0.3 is 4.57 Å². The second-order valence-corrected chi connectivity index (χ2v) is 6.08. The lowest BCUT2D eigenvalue weighted by Gasteiger charge is -2.20. The zero-order valence-electron chi connectivity index (χ0n) is 12.9. The van der Waals surface area contributed by atoms with E-state index < -0.39 is 0 Å². The molecule has 2 nitrogen and oxygen atoms in total. The average Bonchev–Trinajstić information content (AvgIpc) is 2.62. The summed E-state index contributed by atoms with van der Waals surface area (Å²) in [5.74, 6) is 0. The lowest BCUT2D eigenvalue weighted by Crippen LogP contribution is -2.25. The molecule has 1 aliphatic heterocycles. The summed E-state index contributed by atoms with van der Waals surface area (Å²) in [5.41, 5.74) is 4.28. The van der Waals surface area contributed by atoms with Crippen LogP contribution in [0.15, 0.2) is 24.3 Å². The minimum atomic E-state index is 1.07. The summed E-state index contributed by atoms with van der Waals surface area (Å²) in [6, 6.07) is 9.08. The van der Waals surface area contributed by atoms with E-state index >= 15 is 0 Å². The van der Waals surface area contributed by atoms with Crippen LogP contribution >= 0.6 is 0 Å². The second-order valence-electron chi connectivity index (χ2n) is 6.08. The molecule has 0 radical (unpaired) electrons. The lowest BCUT2D eigenvalue weighted by atomic mass is 10.1. The topological polar surface area (TPSA) is 8.17 Å². The van der Waals surface area contributed by atoms with Gasteiger partial charge in [0.2, 0.25) is 0 Å². The van der Waals surface area contributed by atoms with Gasteiger partial charge in [-0.1, -0.05) is 25.0 Å². The number of nitrogens with zero attached hydrogens (tertiary/aromatic N) is 2. The van der Waals surface area contributed by atoms with Crippen LogP contribution in [0.4, 0.5) is 0 Å². The minimum absolute atomic E-state index is 1.07. The fourth-order valence-corrected chi connectivity index (χ4v) is 3.52. The van der Waals surface area contributed by atoms with E-state index in [1.54, 1.807) is 0 Å². The van der Waals surface area contributed by atoms with Gasteiger partial charge in [0.05, 0.1) is 0 Å². The monoisotopic (exact) mass is 270 g/mol. The van der Waals surface area contributed by atoms with E-state index in [2.05, 4.69) is 47.6 Å². The molecule has 1 aromatic heterocycles. The summed E-state index contributed by atoms with van der Waals surface area (Å²) in [4.78, 5) is 2.64. The third-order valence-electron chi connectivity index (χ3n) is 4.65. The molecule has 1 aromatic carbocycles. The number of fused-ring (bicyclic) bond motifs is 1. The van der Waals surface area contributed by atoms with Crippen molar-refractivity contribution in [2.45, 2.75) is 52.6 Å². The summed E-state index contributed by atoms with van der Waals surface area (Å²) in [7, 11) is 0. The molecule has 0 atom stereocenters. The molecule has 1 saturated heterocycles. The molecular weight excluding hydrogens is 244 g/mol. The van der Waals surface area contributed by atoms with Gasteiger partial charge in [-0.3, -0.25) is 4.90 Å². The van der Waals surface area contributed by atoms with Crippen molar-refractivity contribution in [1.82, 2.24) is 9.47 Å². The molecule has 0 aliphatic carbocycles. The van der Waals surface area contributed by atoms with E-state index in [9.17, 15) is 0 Å². The van der Waals surface area contributed by atoms with Crippen molar-refractivity contribution < 1.29 is 0 Å². The number of aryl methyl sites for hydroxylation is 2. The molecule has 108 valence electrons. The van der Waals surface area contributed by atoms with E-state index in [1.807, 2.05) is 0 Å². The van der Waals surface area contributed by atoms with Gasteiger partial charge in [0.25, 0.3) is 0 Å². The van der Waals surface area contributed by atoms with E-state index in [1.165, 1.54) is 60.9 Å². The quantitative estimate of drug-likeness (QED) is 0.805. The first kappa shape index (κ1) is 13.7. The van der Waals surface area contributed by atoms with E-state index in [-0.39, 0.29) is 0 Å². The highest BCUT2D eigenvalue weighted by Gasteiger charge is 2.14. The number of rotatable bonds is 3. The van der Waals surface area contributed by atoms with Gasteiger partial charge in [0.1, 0.15) is 0 Å². The smallest absolute Gasteiger partial charge is 0.0485 e. The third kappa shape index (κ3) is 2.62. The van der Waals surface area contributed by atoms with Gasteiger partial charge in [-0.2, -0.15) is 0 Å². The molecule has 1 fully saturated rings. The van der Waals surface area contributed by atoms with Crippen molar-refractivity contribution in [2.75, 3.05) is 13.1 Å². The molecule has 0 bridgehead atoms. The molecule has 0 spiro atoms. The summed E-state index contributed by atoms with van der Waals surface area (Å²) in [5, 5.41) is 1.43. The van der Waals surface area contributed by atoms with Crippen LogP contribution in [0, 0.1) is 6.92 Å². The van der Waals surface area contributed by atoms with E-state index in [0.29, 0.717) is 0 Å². The maximum Gasteiger partial charge on any atom is 0.0485 e. The van der Waals surface area contributed by atoms with Crippen molar-refractivity contribution in [1.29, 1.82) is 0 Å². The standard InChI is InChI=1S/C18H26N2/c1-3-20-16(14-19-11-6-4-5-7-12-19)13-17-15(2)9-8-10-18(17)20/h8-10,13H,3-7,11-12,14H2,1-2H3. The van der Waals surface area contributed by atoms with Crippen LogP contribution in [0.3, 0.4) is 0 Å². The first-order valence-corrected chi connectivity index (χ1v) is 8.09. The zero-order valence-corrected chi connectivity index (χ0v) is 12.9. The van der Waals surface area contributed by atoms with Crippen molar-refractivity contribution >= 4 is 10.9 Å². The Morgan fingerprint density at radius 1 is 1.05 bits per heavy atom. The van der Waals surface area contributed by atoms with Crippen LogP contribution in [0.5, 0.6) is 0 Å². The highest BCUT2D eigenvalue weighted by Crippen LogP contribution is 2.24. The molecule has 3 rings (SSSR count). The molecule has 2 heterocycles. The van der Waals surface area contributed by atoms with Crippen molar-refractivity contribution in [3.8, 4) is 0 Å². The van der Waals surface area contributed by atoms with Crippen LogP contribution in [-0.4, -0.2) is 22.6 Å². The Labute approximate surface area is 122 Å². The van der Waals surface area contributed by atoms with Crippen LogP contribution in [0.25, 0.3) is 10.9 Å². The van der Waals surface area contributed by atoms with Gasteiger partial charge >= 0.3 is 0 Å². The minimum Gasteiger partial charge on any atom is -0.344 e. The number of aromatic nitrogens is 1. The number of likely N-dealkylation sites (tertiary alicyclic amines) is 1. The van der Waals surface area contributed by atoms with Crippen LogP contribution in [0.2, 0.25) is 0 Å². The van der Waals surface area contributed by atoms with Gasteiger partial charge in [0.15, 0.2) is 0 Å². The zero-order chi connectivity index (χ0) is 13.9. The summed E-state index contributed by atoms with van der Waals surface area (Å²) >= 11 is 0. The Kier molecular flexibility index (Phi) is 4.11. The first-order valence-electron chi connectivity index (χ1n) is 8.09. The number of benzene rings is 1. The molecular formula is C18H26N2. The molecule has 0 unspecified atom stereocenters. The maximum atomic E-state index is 2.64. The van der Waals surface area contributed by atoms with Gasteiger partial charge in [-0.25, -0.2) is 0 Å². The molecule has 2 aromatic rings. The average molecular weight is 270 g/mol. The van der Waals surface area contributed by atoms with Crippen LogP contribution in [-0.2, 0) is 13.1 Å². The van der Waals surface area contributed by atoms with E-state index in [0.717, 1.165) is 13.1 Å². The number of hydrogen-bond acceptors (Lipinski definition) is 1. The van der Waals surface area contributed by atoms with Gasteiger partial charge in [0, 0.05) is 29.7 Å². The Balaban J connectivity index is 1.92. The van der Waals surface area contributed by atoms with Crippen LogP contribution in [0.1, 0.15) is 43.9 Å². The molecule has 1 aliphatic rings. The molecule has 0 N–H and O–H groups in total. The normalized spacial score (nSPS) is 17.5. The summed E-state index contributed by atoms with van der Waals surface area (Å²) < 4.78 is 2.49. The fraction of sp³-hybridized carbons (Fsp3) is 0.556. The summed E-state index contributed by atoms with van der Waals surface area (Å²) in [6.45, 7) is 9.19. The van der Waals surface area contributed by atoms with E-state index in [4.69, 9.17) is 0 Å². The second kappa shape index (κ2) is 6.01. The third-order valence-corrected chi connectivity index (χ3v) is 4.65. The number of hydrogen-bond donors (Lipinski definition) is 0. The molecule has 20 heavy (non-hydrogen) atoms. The molecule has 0 saturated carbocycles. The summed E-state index contributed by atoms with van der Waals surface area (Å²) in [6.07, 6.45) is 5.55. The first-order chi connectivity index (χ1) is 9.79. The van der Waals surface area contributed by atoms with Gasteiger partial charge in [-0.05, 0) is 57.5 Å². The Morgan fingerprint density at radius 2 is 1.80 bits per heavy atom. The lowest BCUT2D eigenvalue weighted by molar-refractivity contribution is 0.270. The fourth-order valence-electron chi connectivity index (χ4n) is 3.52. The van der Waals surface area contributed by atoms with Crippen molar-refractivity contribution in [3.63, 3.8) is 0 Å². The molecule has 0 amide bonds. The van der Waals surface area contributed by atoms with Crippen molar-refractivity contribution in [3.05, 3.63) is 35.5 Å². The Hall–Kier alpha value is -1.28. The SMILES string of the molecule is CCn1c(CN2CCCCCC2)cc2c(C)cccc21.